The van der Waals surface area contributed by atoms with Gasteiger partial charge in [0.25, 0.3) is 5.91 Å². The summed E-state index contributed by atoms with van der Waals surface area (Å²) in [5, 5.41) is 18.9. The molecule has 2 amide bonds. The standard InChI is InChI=1S/C25H27ClN4O3S/c26-23-21-12-17(15-1-2-15)11-20(16-7-10-34-14-16)30(21)27-24(23)25(33)28-8-9-29(22(32)13-28)18-3-5-19(31)6-4-18/h7,10-12,14-15,18-19,31H,1-6,8-9,13H2. The molecule has 0 bridgehead atoms. The van der Waals surface area contributed by atoms with Crippen molar-refractivity contribution in [3.63, 3.8) is 0 Å². The monoisotopic (exact) mass is 498 g/mol. The van der Waals surface area contributed by atoms with Crippen molar-refractivity contribution in [2.75, 3.05) is 19.6 Å². The fraction of sp³-hybridized carbons (Fsp3) is 0.480. The number of piperazine rings is 1. The molecule has 178 valence electrons. The number of aliphatic hydroxyl groups is 1. The number of pyridine rings is 1. The normalized spacial score (nSPS) is 23.6. The molecule has 4 heterocycles. The Hall–Kier alpha value is -2.42. The van der Waals surface area contributed by atoms with Crippen molar-refractivity contribution < 1.29 is 14.7 Å². The fourth-order valence-electron chi connectivity index (χ4n) is 5.31. The quantitative estimate of drug-likeness (QED) is 0.585. The van der Waals surface area contributed by atoms with E-state index in [-0.39, 0.29) is 36.2 Å². The van der Waals surface area contributed by atoms with Gasteiger partial charge in [-0.3, -0.25) is 9.59 Å². The maximum Gasteiger partial charge on any atom is 0.276 e. The number of carbonyl (C=O) groups excluding carboxylic acids is 2. The first-order valence-corrected chi connectivity index (χ1v) is 13.3. The molecule has 1 saturated heterocycles. The molecule has 0 unspecified atom stereocenters. The molecule has 1 N–H and O–H groups in total. The van der Waals surface area contributed by atoms with Crippen LogP contribution in [0, 0.1) is 0 Å². The Balaban J connectivity index is 1.28. The summed E-state index contributed by atoms with van der Waals surface area (Å²) in [5.74, 6) is 0.194. The van der Waals surface area contributed by atoms with Gasteiger partial charge in [0.2, 0.25) is 5.91 Å². The highest BCUT2D eigenvalue weighted by molar-refractivity contribution is 7.08. The molecule has 6 rings (SSSR count). The highest BCUT2D eigenvalue weighted by Gasteiger charge is 2.35. The van der Waals surface area contributed by atoms with Crippen LogP contribution in [0.25, 0.3) is 16.8 Å². The van der Waals surface area contributed by atoms with Crippen LogP contribution in [0.5, 0.6) is 0 Å². The van der Waals surface area contributed by atoms with Gasteiger partial charge in [-0.05, 0) is 73.6 Å². The third kappa shape index (κ3) is 3.91. The minimum atomic E-state index is -0.301. The number of aliphatic hydroxyl groups excluding tert-OH is 1. The summed E-state index contributed by atoms with van der Waals surface area (Å²) in [5.41, 5.74) is 4.16. The van der Waals surface area contributed by atoms with Gasteiger partial charge in [0.1, 0.15) is 6.54 Å². The zero-order valence-corrected chi connectivity index (χ0v) is 20.4. The topological polar surface area (TPSA) is 78.2 Å². The van der Waals surface area contributed by atoms with Gasteiger partial charge in [0.15, 0.2) is 5.69 Å². The molecule has 1 aliphatic heterocycles. The van der Waals surface area contributed by atoms with E-state index in [0.29, 0.717) is 24.0 Å². The summed E-state index contributed by atoms with van der Waals surface area (Å²) in [7, 11) is 0. The average Bonchev–Trinajstić information content (AvgIpc) is 3.45. The third-order valence-electron chi connectivity index (χ3n) is 7.42. The lowest BCUT2D eigenvalue weighted by Gasteiger charge is -2.41. The maximum atomic E-state index is 13.5. The van der Waals surface area contributed by atoms with E-state index >= 15 is 0 Å². The Bertz CT molecular complexity index is 1240. The van der Waals surface area contributed by atoms with Gasteiger partial charge < -0.3 is 14.9 Å². The molecule has 9 heteroatoms. The van der Waals surface area contributed by atoms with Gasteiger partial charge in [-0.25, -0.2) is 4.52 Å². The van der Waals surface area contributed by atoms with Crippen molar-refractivity contribution >= 4 is 40.3 Å². The van der Waals surface area contributed by atoms with Crippen LogP contribution < -0.4 is 0 Å². The van der Waals surface area contributed by atoms with Gasteiger partial charge >= 0.3 is 0 Å². The first-order chi connectivity index (χ1) is 16.5. The van der Waals surface area contributed by atoms with Gasteiger partial charge in [-0.1, -0.05) is 11.6 Å². The van der Waals surface area contributed by atoms with Crippen LogP contribution in [0.4, 0.5) is 0 Å². The largest absolute Gasteiger partial charge is 0.393 e. The number of rotatable bonds is 4. The zero-order chi connectivity index (χ0) is 23.4. The number of hydrogen-bond donors (Lipinski definition) is 1. The summed E-state index contributed by atoms with van der Waals surface area (Å²) in [6, 6.07) is 6.42. The molecule has 0 aromatic carbocycles. The predicted octanol–water partition coefficient (Wildman–Crippen LogP) is 4.18. The van der Waals surface area contributed by atoms with Gasteiger partial charge in [0, 0.05) is 30.1 Å². The van der Waals surface area contributed by atoms with Crippen molar-refractivity contribution in [1.29, 1.82) is 0 Å². The molecule has 0 atom stereocenters. The molecule has 2 saturated carbocycles. The van der Waals surface area contributed by atoms with Crippen LogP contribution in [0.2, 0.25) is 5.02 Å². The predicted molar refractivity (Wildman–Crippen MR) is 131 cm³/mol. The summed E-state index contributed by atoms with van der Waals surface area (Å²) < 4.78 is 1.77. The van der Waals surface area contributed by atoms with Crippen molar-refractivity contribution in [2.45, 2.75) is 56.6 Å². The van der Waals surface area contributed by atoms with Gasteiger partial charge in [-0.15, -0.1) is 0 Å². The second kappa shape index (κ2) is 8.66. The number of halogens is 1. The Morgan fingerprint density at radius 3 is 2.59 bits per heavy atom. The molecule has 3 aromatic heterocycles. The van der Waals surface area contributed by atoms with Crippen LogP contribution in [-0.4, -0.2) is 68.1 Å². The van der Waals surface area contributed by atoms with E-state index in [1.54, 1.807) is 20.8 Å². The summed E-state index contributed by atoms with van der Waals surface area (Å²) in [4.78, 5) is 29.8. The molecule has 7 nitrogen and oxygen atoms in total. The van der Waals surface area contributed by atoms with E-state index in [9.17, 15) is 14.7 Å². The van der Waals surface area contributed by atoms with E-state index in [1.807, 2.05) is 10.3 Å². The second-order valence-electron chi connectivity index (χ2n) is 9.70. The van der Waals surface area contributed by atoms with Crippen LogP contribution in [0.3, 0.4) is 0 Å². The fourth-order valence-corrected chi connectivity index (χ4v) is 6.21. The van der Waals surface area contributed by atoms with E-state index in [0.717, 1.165) is 42.5 Å². The number of nitrogens with zero attached hydrogens (tertiary/aromatic N) is 4. The second-order valence-corrected chi connectivity index (χ2v) is 10.9. The molecule has 2 aliphatic carbocycles. The first kappa shape index (κ1) is 22.1. The van der Waals surface area contributed by atoms with Crippen molar-refractivity contribution in [1.82, 2.24) is 19.4 Å². The SMILES string of the molecule is O=C(c1nn2c(-c3ccsc3)cc(C3CC3)cc2c1Cl)N1CCN(C2CCC(O)CC2)C(=O)C1. The molecule has 0 radical (unpaired) electrons. The number of aromatic nitrogens is 2. The molecule has 3 aliphatic rings. The summed E-state index contributed by atoms with van der Waals surface area (Å²) in [6.45, 7) is 0.994. The minimum absolute atomic E-state index is 0.0345. The van der Waals surface area contributed by atoms with Gasteiger partial charge in [-0.2, -0.15) is 16.4 Å². The molecular formula is C25H27ClN4O3S. The number of hydrogen-bond acceptors (Lipinski definition) is 5. The Morgan fingerprint density at radius 1 is 1.12 bits per heavy atom. The lowest BCUT2D eigenvalue weighted by atomic mass is 9.91. The molecule has 0 spiro atoms. The number of thiophene rings is 1. The molecule has 3 fully saturated rings. The van der Waals surface area contributed by atoms with Crippen LogP contribution in [0.1, 0.15) is 60.5 Å². The van der Waals surface area contributed by atoms with E-state index < -0.39 is 0 Å². The average molecular weight is 499 g/mol. The first-order valence-electron chi connectivity index (χ1n) is 12.0. The number of carbonyl (C=O) groups is 2. The lowest BCUT2D eigenvalue weighted by molar-refractivity contribution is -0.138. The van der Waals surface area contributed by atoms with E-state index in [2.05, 4.69) is 28.7 Å². The van der Waals surface area contributed by atoms with E-state index in [4.69, 9.17) is 11.6 Å². The molecule has 34 heavy (non-hydrogen) atoms. The Morgan fingerprint density at radius 2 is 1.91 bits per heavy atom. The molecule has 3 aromatic rings. The highest BCUT2D eigenvalue weighted by atomic mass is 35.5. The summed E-state index contributed by atoms with van der Waals surface area (Å²) >= 11 is 8.37. The zero-order valence-electron chi connectivity index (χ0n) is 18.8. The Kier molecular flexibility index (Phi) is 5.62. The lowest BCUT2D eigenvalue weighted by Crippen LogP contribution is -2.56. The highest BCUT2D eigenvalue weighted by Crippen LogP contribution is 2.43. The van der Waals surface area contributed by atoms with Crippen molar-refractivity contribution in [2.24, 2.45) is 0 Å². The number of fused-ring (bicyclic) bond motifs is 1. The minimum Gasteiger partial charge on any atom is -0.393 e. The smallest absolute Gasteiger partial charge is 0.276 e. The van der Waals surface area contributed by atoms with Crippen LogP contribution in [0.15, 0.2) is 29.0 Å². The van der Waals surface area contributed by atoms with Gasteiger partial charge in [0.05, 0.1) is 22.3 Å². The van der Waals surface area contributed by atoms with E-state index in [1.165, 1.54) is 18.4 Å². The van der Waals surface area contributed by atoms with Crippen LogP contribution >= 0.6 is 22.9 Å². The maximum absolute atomic E-state index is 13.5. The summed E-state index contributed by atoms with van der Waals surface area (Å²) in [6.07, 6.45) is 5.16. The van der Waals surface area contributed by atoms with Crippen molar-refractivity contribution in [3.8, 4) is 11.3 Å². The molecular weight excluding hydrogens is 472 g/mol. The third-order valence-corrected chi connectivity index (χ3v) is 8.47. The van der Waals surface area contributed by atoms with Crippen LogP contribution in [-0.2, 0) is 4.79 Å². The number of amides is 2. The Labute approximate surface area is 206 Å². The van der Waals surface area contributed by atoms with Crippen molar-refractivity contribution in [3.05, 3.63) is 45.2 Å².